The summed E-state index contributed by atoms with van der Waals surface area (Å²) in [5.41, 5.74) is 0.281. The largest absolute Gasteiger partial charge is 0.544 e. The number of halogens is 1. The Morgan fingerprint density at radius 3 is 2.83 bits per heavy atom. The van der Waals surface area contributed by atoms with Gasteiger partial charge in [-0.05, 0) is 24.6 Å². The first-order valence-corrected chi connectivity index (χ1v) is 10.2. The molecule has 29 heavy (non-hydrogen) atoms. The van der Waals surface area contributed by atoms with E-state index in [1.165, 1.54) is 17.8 Å². The minimum atomic E-state index is -1.33. The van der Waals surface area contributed by atoms with Crippen molar-refractivity contribution in [3.05, 3.63) is 56.7 Å². The van der Waals surface area contributed by atoms with Gasteiger partial charge in [0, 0.05) is 7.05 Å². The highest BCUT2D eigenvalue weighted by Gasteiger charge is 2.17. The smallest absolute Gasteiger partial charge is 0.259 e. The number of hydrogen-bond donors (Lipinski definition) is 1. The molecule has 148 valence electrons. The fraction of sp³-hybridized carbons (Fsp3) is 0.167. The van der Waals surface area contributed by atoms with Crippen LogP contribution in [0.15, 0.2) is 34.2 Å². The van der Waals surface area contributed by atoms with Crippen molar-refractivity contribution in [1.29, 1.82) is 0 Å². The monoisotopic (exact) mass is 430 g/mol. The number of hydrogen-bond acceptors (Lipinski definition) is 8. The van der Waals surface area contributed by atoms with Gasteiger partial charge in [-0.3, -0.25) is 4.79 Å². The summed E-state index contributed by atoms with van der Waals surface area (Å²) in [5.74, 6) is -0.705. The highest BCUT2D eigenvalue weighted by molar-refractivity contribution is 7.98. The second kappa shape index (κ2) is 7.41. The third kappa shape index (κ3) is 3.42. The lowest BCUT2D eigenvalue weighted by atomic mass is 10.2. The second-order valence-corrected chi connectivity index (χ2v) is 8.11. The van der Waals surface area contributed by atoms with E-state index < -0.39 is 17.3 Å². The van der Waals surface area contributed by atoms with Gasteiger partial charge < -0.3 is 19.5 Å². The topological polar surface area (TPSA) is 117 Å². The maximum atomic E-state index is 14.0. The maximum absolute atomic E-state index is 14.0. The summed E-state index contributed by atoms with van der Waals surface area (Å²) in [7, 11) is 1.72. The number of benzene rings is 1. The molecule has 0 bridgehead atoms. The molecule has 1 N–H and O–H groups in total. The lowest BCUT2D eigenvalue weighted by Crippen LogP contribution is -2.21. The van der Waals surface area contributed by atoms with Gasteiger partial charge in [-0.1, -0.05) is 23.9 Å². The zero-order valence-corrected chi connectivity index (χ0v) is 16.9. The van der Waals surface area contributed by atoms with E-state index in [-0.39, 0.29) is 16.0 Å². The highest BCUT2D eigenvalue weighted by Crippen LogP contribution is 2.28. The SMILES string of the molecule is Cc1c(C(=O)[O-])sc2nc(CSc3nnc(-c4ccccc4F)n3C)[nH]c(=O)c12. The molecule has 0 saturated heterocycles. The quantitative estimate of drug-likeness (QED) is 0.481. The van der Waals surface area contributed by atoms with E-state index in [4.69, 9.17) is 0 Å². The Morgan fingerprint density at radius 2 is 2.10 bits per heavy atom. The first-order chi connectivity index (χ1) is 13.9. The molecule has 3 aromatic heterocycles. The Morgan fingerprint density at radius 1 is 1.34 bits per heavy atom. The number of H-pyrrole nitrogens is 1. The molecule has 0 radical (unpaired) electrons. The van der Waals surface area contributed by atoms with Crippen LogP contribution in [0, 0.1) is 12.7 Å². The molecule has 0 saturated carbocycles. The van der Waals surface area contributed by atoms with E-state index in [1.54, 1.807) is 36.7 Å². The third-order valence-electron chi connectivity index (χ3n) is 4.32. The number of aryl methyl sites for hydroxylation is 1. The summed E-state index contributed by atoms with van der Waals surface area (Å²) in [5, 5.41) is 20.1. The number of thiophene rings is 1. The van der Waals surface area contributed by atoms with Crippen molar-refractivity contribution in [3.63, 3.8) is 0 Å². The number of nitrogens with zero attached hydrogens (tertiary/aromatic N) is 4. The molecule has 3 heterocycles. The Labute approximate surface area is 171 Å². The minimum absolute atomic E-state index is 0.00867. The predicted molar refractivity (Wildman–Crippen MR) is 105 cm³/mol. The van der Waals surface area contributed by atoms with E-state index >= 15 is 0 Å². The molecule has 0 aliphatic heterocycles. The molecule has 0 fully saturated rings. The first kappa shape index (κ1) is 19.3. The fourth-order valence-electron chi connectivity index (χ4n) is 2.90. The Hall–Kier alpha value is -3.05. The molecular weight excluding hydrogens is 417 g/mol. The lowest BCUT2D eigenvalue weighted by molar-refractivity contribution is -0.254. The van der Waals surface area contributed by atoms with Crippen molar-refractivity contribution >= 4 is 39.3 Å². The Kier molecular flexibility index (Phi) is 4.92. The van der Waals surface area contributed by atoms with Gasteiger partial charge >= 0.3 is 0 Å². The highest BCUT2D eigenvalue weighted by atomic mass is 32.2. The van der Waals surface area contributed by atoms with Crippen LogP contribution in [0.4, 0.5) is 4.39 Å². The molecule has 0 unspecified atom stereocenters. The number of carboxylic acids is 1. The van der Waals surface area contributed by atoms with Gasteiger partial charge in [0.1, 0.15) is 16.5 Å². The summed E-state index contributed by atoms with van der Waals surface area (Å²) in [4.78, 5) is 30.9. The summed E-state index contributed by atoms with van der Waals surface area (Å²) in [6, 6.07) is 6.29. The molecule has 0 atom stereocenters. The number of carboxylic acid groups (broad SMARTS) is 1. The molecule has 11 heteroatoms. The number of nitrogens with one attached hydrogen (secondary N) is 1. The van der Waals surface area contributed by atoms with E-state index in [2.05, 4.69) is 20.2 Å². The van der Waals surface area contributed by atoms with E-state index in [1.807, 2.05) is 0 Å². The number of aromatic carboxylic acids is 1. The van der Waals surface area contributed by atoms with Gasteiger partial charge in [0.2, 0.25) is 0 Å². The van der Waals surface area contributed by atoms with Crippen LogP contribution in [0.2, 0.25) is 0 Å². The van der Waals surface area contributed by atoms with Crippen molar-refractivity contribution in [1.82, 2.24) is 24.7 Å². The molecule has 0 amide bonds. The number of fused-ring (bicyclic) bond motifs is 1. The van der Waals surface area contributed by atoms with Crippen LogP contribution in [0.1, 0.15) is 21.1 Å². The molecule has 0 aliphatic carbocycles. The molecule has 8 nitrogen and oxygen atoms in total. The van der Waals surface area contributed by atoms with Crippen LogP contribution in [0.5, 0.6) is 0 Å². The molecular formula is C18H13FN5O3S2-. The number of aromatic amines is 1. The van der Waals surface area contributed by atoms with Crippen molar-refractivity contribution in [2.75, 3.05) is 0 Å². The van der Waals surface area contributed by atoms with Crippen molar-refractivity contribution in [3.8, 4) is 11.4 Å². The maximum Gasteiger partial charge on any atom is 0.259 e. The van der Waals surface area contributed by atoms with Gasteiger partial charge in [0.15, 0.2) is 11.0 Å². The van der Waals surface area contributed by atoms with Crippen molar-refractivity contribution in [2.24, 2.45) is 7.05 Å². The van der Waals surface area contributed by atoms with Gasteiger partial charge in [-0.25, -0.2) is 9.37 Å². The lowest BCUT2D eigenvalue weighted by Gasteiger charge is -2.05. The van der Waals surface area contributed by atoms with Gasteiger partial charge in [-0.15, -0.1) is 21.5 Å². The summed E-state index contributed by atoms with van der Waals surface area (Å²) in [6.07, 6.45) is 0. The van der Waals surface area contributed by atoms with Crippen LogP contribution in [-0.2, 0) is 12.8 Å². The summed E-state index contributed by atoms with van der Waals surface area (Å²) < 4.78 is 15.7. The van der Waals surface area contributed by atoms with Crippen LogP contribution >= 0.6 is 23.1 Å². The average Bonchev–Trinajstić information content (AvgIpc) is 3.21. The zero-order valence-electron chi connectivity index (χ0n) is 15.2. The van der Waals surface area contributed by atoms with Crippen molar-refractivity contribution < 1.29 is 14.3 Å². The standard InChI is InChI=1S/C18H14FN5O3S2/c1-8-12-15(25)20-11(21-16(12)29-13(8)17(26)27)7-28-18-23-22-14(24(18)2)9-5-3-4-6-10(9)19/h3-6H,7H2,1-2H3,(H,26,27)(H,20,21,25)/p-1. The summed E-state index contributed by atoms with van der Waals surface area (Å²) >= 11 is 2.18. The Bertz CT molecular complexity index is 1310. The van der Waals surface area contributed by atoms with E-state index in [0.29, 0.717) is 32.8 Å². The molecule has 4 rings (SSSR count). The van der Waals surface area contributed by atoms with Crippen molar-refractivity contribution in [2.45, 2.75) is 17.8 Å². The van der Waals surface area contributed by atoms with Crippen LogP contribution in [-0.4, -0.2) is 30.7 Å². The van der Waals surface area contributed by atoms with E-state index in [0.717, 1.165) is 11.3 Å². The molecule has 0 spiro atoms. The molecule has 0 aliphatic rings. The fourth-order valence-corrected chi connectivity index (χ4v) is 4.72. The number of rotatable bonds is 5. The van der Waals surface area contributed by atoms with E-state index in [9.17, 15) is 19.1 Å². The minimum Gasteiger partial charge on any atom is -0.544 e. The Balaban J connectivity index is 1.62. The normalized spacial score (nSPS) is 11.3. The number of thioether (sulfide) groups is 1. The predicted octanol–water partition coefficient (Wildman–Crippen LogP) is 1.88. The number of aromatic nitrogens is 5. The average molecular weight is 430 g/mol. The second-order valence-electron chi connectivity index (χ2n) is 6.17. The molecule has 4 aromatic rings. The number of carbonyl (C=O) groups excluding carboxylic acids is 1. The van der Waals surface area contributed by atoms with Gasteiger partial charge in [-0.2, -0.15) is 0 Å². The van der Waals surface area contributed by atoms with Gasteiger partial charge in [0.05, 0.1) is 27.5 Å². The zero-order chi connectivity index (χ0) is 20.7. The van der Waals surface area contributed by atoms with Crippen LogP contribution in [0.25, 0.3) is 21.6 Å². The van der Waals surface area contributed by atoms with Crippen LogP contribution < -0.4 is 10.7 Å². The third-order valence-corrected chi connectivity index (χ3v) is 6.52. The number of carbonyl (C=O) groups is 1. The van der Waals surface area contributed by atoms with Crippen LogP contribution in [0.3, 0.4) is 0 Å². The van der Waals surface area contributed by atoms with Gasteiger partial charge in [0.25, 0.3) is 5.56 Å². The molecule has 1 aromatic carbocycles. The summed E-state index contributed by atoms with van der Waals surface area (Å²) in [6.45, 7) is 1.55. The first-order valence-electron chi connectivity index (χ1n) is 8.37.